The molecule has 2 heterocycles. The number of amides is 1. The van der Waals surface area contributed by atoms with Crippen LogP contribution in [0.4, 0.5) is 0 Å². The van der Waals surface area contributed by atoms with E-state index in [0.29, 0.717) is 22.7 Å². The minimum absolute atomic E-state index is 0.115. The molecule has 152 valence electrons. The Bertz CT molecular complexity index is 1030. The Balaban J connectivity index is 1.51. The minimum atomic E-state index is 0.115. The smallest absolute Gasteiger partial charge is 0.254 e. The van der Waals surface area contributed by atoms with Gasteiger partial charge in [0.25, 0.3) is 11.7 Å². The van der Waals surface area contributed by atoms with Gasteiger partial charge in [-0.25, -0.2) is 9.50 Å². The van der Waals surface area contributed by atoms with Crippen molar-refractivity contribution in [3.63, 3.8) is 0 Å². The Morgan fingerprint density at radius 2 is 1.93 bits per heavy atom. The van der Waals surface area contributed by atoms with E-state index in [-0.39, 0.29) is 5.91 Å². The second kappa shape index (κ2) is 8.53. The second-order valence-electron chi connectivity index (χ2n) is 7.80. The van der Waals surface area contributed by atoms with Gasteiger partial charge < -0.3 is 4.90 Å². The molecule has 0 aliphatic heterocycles. The summed E-state index contributed by atoms with van der Waals surface area (Å²) in [7, 11) is 1.95. The van der Waals surface area contributed by atoms with Crippen LogP contribution in [0.3, 0.4) is 0 Å². The van der Waals surface area contributed by atoms with Crippen molar-refractivity contribution in [1.29, 1.82) is 0 Å². The van der Waals surface area contributed by atoms with Gasteiger partial charge in [-0.2, -0.15) is 4.98 Å². The van der Waals surface area contributed by atoms with Crippen molar-refractivity contribution >= 4 is 23.4 Å². The van der Waals surface area contributed by atoms with Crippen molar-refractivity contribution in [3.05, 3.63) is 52.8 Å². The molecular weight excluding hydrogens is 382 g/mol. The van der Waals surface area contributed by atoms with E-state index in [2.05, 4.69) is 15.1 Å². The highest BCUT2D eigenvalue weighted by Gasteiger charge is 2.24. The van der Waals surface area contributed by atoms with E-state index in [0.717, 1.165) is 35.4 Å². The SMILES string of the molecule is Cc1cc(C)n2nc(SCc3ccccc3C(=O)N(C)C3CCCCC3)nc2n1. The van der Waals surface area contributed by atoms with Gasteiger partial charge in [-0.1, -0.05) is 49.2 Å². The number of hydrogen-bond acceptors (Lipinski definition) is 5. The first-order valence-corrected chi connectivity index (χ1v) is 11.2. The third-order valence-corrected chi connectivity index (χ3v) is 6.53. The summed E-state index contributed by atoms with van der Waals surface area (Å²) in [6.07, 6.45) is 5.93. The Morgan fingerprint density at radius 3 is 2.72 bits per heavy atom. The van der Waals surface area contributed by atoms with Crippen LogP contribution in [-0.2, 0) is 5.75 Å². The number of carbonyl (C=O) groups excluding carboxylic acids is 1. The molecule has 1 aliphatic rings. The van der Waals surface area contributed by atoms with Gasteiger partial charge in [0.1, 0.15) is 0 Å². The number of fused-ring (bicyclic) bond motifs is 1. The Labute approximate surface area is 175 Å². The molecule has 0 radical (unpaired) electrons. The molecule has 0 atom stereocenters. The molecule has 7 heteroatoms. The van der Waals surface area contributed by atoms with E-state index in [4.69, 9.17) is 0 Å². The van der Waals surface area contributed by atoms with E-state index in [1.807, 2.05) is 56.1 Å². The number of hydrogen-bond donors (Lipinski definition) is 0. The average molecular weight is 410 g/mol. The van der Waals surface area contributed by atoms with Gasteiger partial charge in [-0.15, -0.1) is 5.10 Å². The van der Waals surface area contributed by atoms with Gasteiger partial charge in [0.2, 0.25) is 5.16 Å². The number of aryl methyl sites for hydroxylation is 2. The van der Waals surface area contributed by atoms with Crippen molar-refractivity contribution in [2.45, 2.75) is 62.9 Å². The molecule has 0 spiro atoms. The van der Waals surface area contributed by atoms with Crippen molar-refractivity contribution in [2.75, 3.05) is 7.05 Å². The van der Waals surface area contributed by atoms with E-state index < -0.39 is 0 Å². The molecule has 1 saturated carbocycles. The lowest BCUT2D eigenvalue weighted by Crippen LogP contribution is -2.38. The number of carbonyl (C=O) groups is 1. The second-order valence-corrected chi connectivity index (χ2v) is 8.74. The van der Waals surface area contributed by atoms with Gasteiger partial charge in [0, 0.05) is 35.8 Å². The molecule has 0 bridgehead atoms. The van der Waals surface area contributed by atoms with Crippen LogP contribution in [0.2, 0.25) is 0 Å². The quantitative estimate of drug-likeness (QED) is 0.583. The highest BCUT2D eigenvalue weighted by atomic mass is 32.2. The van der Waals surface area contributed by atoms with Gasteiger partial charge in [0.15, 0.2) is 0 Å². The molecule has 0 saturated heterocycles. The lowest BCUT2D eigenvalue weighted by molar-refractivity contribution is 0.0695. The van der Waals surface area contributed by atoms with Crippen LogP contribution in [0.5, 0.6) is 0 Å². The van der Waals surface area contributed by atoms with Crippen LogP contribution < -0.4 is 0 Å². The van der Waals surface area contributed by atoms with E-state index >= 15 is 0 Å². The molecule has 29 heavy (non-hydrogen) atoms. The normalized spacial score (nSPS) is 15.0. The summed E-state index contributed by atoms with van der Waals surface area (Å²) < 4.78 is 1.77. The molecule has 4 rings (SSSR count). The largest absolute Gasteiger partial charge is 0.339 e. The third-order valence-electron chi connectivity index (χ3n) is 5.65. The van der Waals surface area contributed by atoms with Crippen molar-refractivity contribution in [1.82, 2.24) is 24.5 Å². The molecule has 0 N–H and O–H groups in total. The summed E-state index contributed by atoms with van der Waals surface area (Å²) in [4.78, 5) is 24.1. The van der Waals surface area contributed by atoms with Crippen LogP contribution in [0.15, 0.2) is 35.5 Å². The highest BCUT2D eigenvalue weighted by Crippen LogP contribution is 2.26. The van der Waals surface area contributed by atoms with Gasteiger partial charge in [0.05, 0.1) is 0 Å². The Morgan fingerprint density at radius 1 is 1.17 bits per heavy atom. The van der Waals surface area contributed by atoms with Gasteiger partial charge in [-0.3, -0.25) is 4.79 Å². The van der Waals surface area contributed by atoms with Gasteiger partial charge >= 0.3 is 0 Å². The number of rotatable bonds is 5. The maximum absolute atomic E-state index is 13.2. The molecule has 2 aromatic heterocycles. The summed E-state index contributed by atoms with van der Waals surface area (Å²) in [6, 6.07) is 10.2. The number of aromatic nitrogens is 4. The maximum atomic E-state index is 13.2. The van der Waals surface area contributed by atoms with Crippen LogP contribution in [-0.4, -0.2) is 43.5 Å². The number of thioether (sulfide) groups is 1. The van der Waals surface area contributed by atoms with Crippen LogP contribution >= 0.6 is 11.8 Å². The summed E-state index contributed by atoms with van der Waals surface area (Å²) in [5, 5.41) is 5.24. The van der Waals surface area contributed by atoms with Crippen LogP contribution in [0, 0.1) is 13.8 Å². The molecule has 1 aliphatic carbocycles. The topological polar surface area (TPSA) is 63.4 Å². The first-order chi connectivity index (χ1) is 14.0. The summed E-state index contributed by atoms with van der Waals surface area (Å²) in [5.41, 5.74) is 3.74. The number of benzene rings is 1. The summed E-state index contributed by atoms with van der Waals surface area (Å²) >= 11 is 1.54. The molecular formula is C22H27N5OS. The Hall–Kier alpha value is -2.41. The van der Waals surface area contributed by atoms with Gasteiger partial charge in [-0.05, 0) is 44.4 Å². The van der Waals surface area contributed by atoms with Crippen molar-refractivity contribution < 1.29 is 4.79 Å². The molecule has 3 aromatic rings. The maximum Gasteiger partial charge on any atom is 0.254 e. The summed E-state index contributed by atoms with van der Waals surface area (Å²) in [6.45, 7) is 3.96. The standard InChI is InChI=1S/C22H27N5OS/c1-15-13-16(2)27-21(23-15)24-22(25-27)29-14-17-9-7-8-12-19(17)20(28)26(3)18-10-5-4-6-11-18/h7-9,12-13,18H,4-6,10-11,14H2,1-3H3. The highest BCUT2D eigenvalue weighted by molar-refractivity contribution is 7.98. The van der Waals surface area contributed by atoms with E-state index in [1.54, 1.807) is 4.52 Å². The predicted molar refractivity (Wildman–Crippen MR) is 115 cm³/mol. The fourth-order valence-electron chi connectivity index (χ4n) is 4.03. The predicted octanol–water partition coefficient (Wildman–Crippen LogP) is 4.44. The number of nitrogens with zero attached hydrogens (tertiary/aromatic N) is 5. The molecule has 6 nitrogen and oxygen atoms in total. The zero-order valence-corrected chi connectivity index (χ0v) is 18.1. The first kappa shape index (κ1) is 19.9. The third kappa shape index (κ3) is 4.29. The zero-order chi connectivity index (χ0) is 20.4. The Kier molecular flexibility index (Phi) is 5.85. The zero-order valence-electron chi connectivity index (χ0n) is 17.3. The minimum Gasteiger partial charge on any atom is -0.339 e. The molecule has 1 amide bonds. The lowest BCUT2D eigenvalue weighted by atomic mass is 9.94. The van der Waals surface area contributed by atoms with Crippen LogP contribution in [0.1, 0.15) is 59.4 Å². The first-order valence-electron chi connectivity index (χ1n) is 10.2. The van der Waals surface area contributed by atoms with Crippen LogP contribution in [0.25, 0.3) is 5.78 Å². The van der Waals surface area contributed by atoms with E-state index in [1.165, 1.54) is 31.0 Å². The average Bonchev–Trinajstić information content (AvgIpc) is 3.15. The molecule has 1 aromatic carbocycles. The molecule has 0 unspecified atom stereocenters. The monoisotopic (exact) mass is 409 g/mol. The lowest BCUT2D eigenvalue weighted by Gasteiger charge is -2.31. The fraction of sp³-hybridized carbons (Fsp3) is 0.455. The van der Waals surface area contributed by atoms with Crippen molar-refractivity contribution in [2.24, 2.45) is 0 Å². The fourth-order valence-corrected chi connectivity index (χ4v) is 4.85. The molecule has 1 fully saturated rings. The summed E-state index contributed by atoms with van der Waals surface area (Å²) in [5.74, 6) is 1.38. The van der Waals surface area contributed by atoms with E-state index in [9.17, 15) is 4.79 Å². The van der Waals surface area contributed by atoms with Crippen molar-refractivity contribution in [3.8, 4) is 0 Å².